The number of hydrogen-bond acceptors (Lipinski definition) is 3. The molecule has 2 rings (SSSR count). The molecule has 2 N–H and O–H groups in total. The highest BCUT2D eigenvalue weighted by Gasteiger charge is 2.28. The van der Waals surface area contributed by atoms with E-state index in [0.29, 0.717) is 13.1 Å². The van der Waals surface area contributed by atoms with Gasteiger partial charge in [-0.05, 0) is 31.0 Å². The Balaban J connectivity index is 2.44. The average Bonchev–Trinajstić information content (AvgIpc) is 2.39. The maximum absolute atomic E-state index is 12.5. The maximum Gasteiger partial charge on any atom is 0.248 e. The number of piperidine rings is 1. The Morgan fingerprint density at radius 2 is 1.84 bits per heavy atom. The van der Waals surface area contributed by atoms with Crippen LogP contribution in [0.25, 0.3) is 0 Å². The summed E-state index contributed by atoms with van der Waals surface area (Å²) in [6, 6.07) is 4.05. The van der Waals surface area contributed by atoms with E-state index in [9.17, 15) is 13.2 Å². The van der Waals surface area contributed by atoms with Gasteiger partial charge < -0.3 is 5.73 Å². The Labute approximate surface area is 117 Å². The van der Waals surface area contributed by atoms with Crippen LogP contribution in [-0.2, 0) is 10.0 Å². The van der Waals surface area contributed by atoms with E-state index in [-0.39, 0.29) is 15.5 Å². The summed E-state index contributed by atoms with van der Waals surface area (Å²) in [5, 5.41) is 0.107. The van der Waals surface area contributed by atoms with Gasteiger partial charge in [-0.2, -0.15) is 4.31 Å². The van der Waals surface area contributed by atoms with E-state index in [0.717, 1.165) is 19.3 Å². The molecule has 1 aliphatic heterocycles. The molecule has 1 saturated heterocycles. The molecular formula is C12H15ClN2O3S. The fraction of sp³-hybridized carbons (Fsp3) is 0.417. The molecular weight excluding hydrogens is 288 g/mol. The third-order valence-corrected chi connectivity index (χ3v) is 5.53. The van der Waals surface area contributed by atoms with Gasteiger partial charge in [0.15, 0.2) is 0 Å². The first-order valence-corrected chi connectivity index (χ1v) is 7.84. The van der Waals surface area contributed by atoms with Gasteiger partial charge in [-0.15, -0.1) is 0 Å². The molecule has 1 fully saturated rings. The minimum Gasteiger partial charge on any atom is -0.366 e. The van der Waals surface area contributed by atoms with Gasteiger partial charge in [-0.3, -0.25) is 4.79 Å². The van der Waals surface area contributed by atoms with Crippen LogP contribution in [0.3, 0.4) is 0 Å². The van der Waals surface area contributed by atoms with Crippen molar-refractivity contribution in [2.24, 2.45) is 5.73 Å². The Morgan fingerprint density at radius 1 is 1.21 bits per heavy atom. The largest absolute Gasteiger partial charge is 0.366 e. The van der Waals surface area contributed by atoms with Crippen molar-refractivity contribution in [2.75, 3.05) is 13.1 Å². The maximum atomic E-state index is 12.5. The lowest BCUT2D eigenvalue weighted by molar-refractivity contribution is 0.1000. The standard InChI is InChI=1S/C12H15ClN2O3S/c13-10-5-4-9(12(14)16)8-11(10)19(17,18)15-6-2-1-3-7-15/h4-5,8H,1-3,6-7H2,(H2,14,16). The van der Waals surface area contributed by atoms with Crippen molar-refractivity contribution < 1.29 is 13.2 Å². The van der Waals surface area contributed by atoms with E-state index < -0.39 is 15.9 Å². The third kappa shape index (κ3) is 2.91. The van der Waals surface area contributed by atoms with Gasteiger partial charge in [-0.1, -0.05) is 18.0 Å². The highest BCUT2D eigenvalue weighted by molar-refractivity contribution is 7.89. The quantitative estimate of drug-likeness (QED) is 0.921. The van der Waals surface area contributed by atoms with Crippen LogP contribution in [0.1, 0.15) is 29.6 Å². The van der Waals surface area contributed by atoms with Crippen LogP contribution in [0, 0.1) is 0 Å². The summed E-state index contributed by atoms with van der Waals surface area (Å²) in [6.07, 6.45) is 2.71. The Morgan fingerprint density at radius 3 is 2.42 bits per heavy atom. The van der Waals surface area contributed by atoms with Crippen LogP contribution in [-0.4, -0.2) is 31.7 Å². The van der Waals surface area contributed by atoms with Crippen molar-refractivity contribution in [1.82, 2.24) is 4.31 Å². The number of rotatable bonds is 3. The van der Waals surface area contributed by atoms with Gasteiger partial charge in [-0.25, -0.2) is 8.42 Å². The van der Waals surface area contributed by atoms with Crippen molar-refractivity contribution in [3.05, 3.63) is 28.8 Å². The number of sulfonamides is 1. The van der Waals surface area contributed by atoms with Crippen LogP contribution in [0.2, 0.25) is 5.02 Å². The summed E-state index contributed by atoms with van der Waals surface area (Å²) < 4.78 is 26.3. The van der Waals surface area contributed by atoms with Crippen molar-refractivity contribution >= 4 is 27.5 Å². The number of carbonyl (C=O) groups is 1. The van der Waals surface area contributed by atoms with Crippen molar-refractivity contribution in [3.8, 4) is 0 Å². The lowest BCUT2D eigenvalue weighted by Crippen LogP contribution is -2.35. The monoisotopic (exact) mass is 302 g/mol. The Hall–Kier alpha value is -1.11. The number of nitrogens with zero attached hydrogens (tertiary/aromatic N) is 1. The summed E-state index contributed by atoms with van der Waals surface area (Å²) in [6.45, 7) is 0.971. The predicted molar refractivity (Wildman–Crippen MR) is 72.6 cm³/mol. The number of carbonyl (C=O) groups excluding carboxylic acids is 1. The Bertz CT molecular complexity index is 595. The van der Waals surface area contributed by atoms with Crippen LogP contribution < -0.4 is 5.73 Å². The smallest absolute Gasteiger partial charge is 0.248 e. The lowest BCUT2D eigenvalue weighted by atomic mass is 10.2. The van der Waals surface area contributed by atoms with Crippen molar-refractivity contribution in [3.63, 3.8) is 0 Å². The second kappa shape index (κ2) is 5.48. The molecule has 0 saturated carbocycles. The molecule has 1 aromatic rings. The first-order valence-electron chi connectivity index (χ1n) is 6.02. The van der Waals surface area contributed by atoms with Crippen LogP contribution in [0.5, 0.6) is 0 Å². The summed E-state index contributed by atoms with van der Waals surface area (Å²) in [7, 11) is -3.66. The number of halogens is 1. The molecule has 7 heteroatoms. The summed E-state index contributed by atoms with van der Waals surface area (Å²) in [5.74, 6) is -0.674. The zero-order valence-corrected chi connectivity index (χ0v) is 11.9. The van der Waals surface area contributed by atoms with E-state index >= 15 is 0 Å². The first-order chi connectivity index (χ1) is 8.93. The lowest BCUT2D eigenvalue weighted by Gasteiger charge is -2.26. The first kappa shape index (κ1) is 14.3. The molecule has 1 aliphatic rings. The number of primary amides is 1. The van der Waals surface area contributed by atoms with E-state index in [2.05, 4.69) is 0 Å². The Kier molecular flexibility index (Phi) is 4.13. The molecule has 0 aliphatic carbocycles. The van der Waals surface area contributed by atoms with Gasteiger partial charge in [0.25, 0.3) is 0 Å². The SMILES string of the molecule is NC(=O)c1ccc(Cl)c(S(=O)(=O)N2CCCCC2)c1. The van der Waals surface area contributed by atoms with Crippen LogP contribution >= 0.6 is 11.6 Å². The van der Waals surface area contributed by atoms with Gasteiger partial charge >= 0.3 is 0 Å². The molecule has 0 radical (unpaired) electrons. The molecule has 0 atom stereocenters. The number of nitrogens with two attached hydrogens (primary N) is 1. The van der Waals surface area contributed by atoms with E-state index in [1.165, 1.54) is 22.5 Å². The molecule has 1 amide bonds. The molecule has 1 aromatic carbocycles. The fourth-order valence-corrected chi connectivity index (χ4v) is 4.12. The summed E-state index contributed by atoms with van der Waals surface area (Å²) >= 11 is 5.95. The molecule has 1 heterocycles. The highest BCUT2D eigenvalue weighted by atomic mass is 35.5. The van der Waals surface area contributed by atoms with Gasteiger partial charge in [0.2, 0.25) is 15.9 Å². The van der Waals surface area contributed by atoms with Crippen molar-refractivity contribution in [2.45, 2.75) is 24.2 Å². The molecule has 0 aromatic heterocycles. The van der Waals surface area contributed by atoms with Gasteiger partial charge in [0.1, 0.15) is 4.90 Å². The number of amides is 1. The second-order valence-corrected chi connectivity index (χ2v) is 6.79. The van der Waals surface area contributed by atoms with E-state index in [1.54, 1.807) is 0 Å². The molecule has 0 unspecified atom stereocenters. The molecule has 19 heavy (non-hydrogen) atoms. The van der Waals surface area contributed by atoms with Crippen LogP contribution in [0.15, 0.2) is 23.1 Å². The minimum atomic E-state index is -3.66. The van der Waals surface area contributed by atoms with Crippen LogP contribution in [0.4, 0.5) is 0 Å². The normalized spacial score (nSPS) is 17.3. The van der Waals surface area contributed by atoms with Gasteiger partial charge in [0.05, 0.1) is 5.02 Å². The zero-order valence-electron chi connectivity index (χ0n) is 10.3. The second-order valence-electron chi connectivity index (χ2n) is 4.47. The fourth-order valence-electron chi connectivity index (χ4n) is 2.10. The zero-order chi connectivity index (χ0) is 14.0. The van der Waals surface area contributed by atoms with Gasteiger partial charge in [0, 0.05) is 18.7 Å². The molecule has 0 bridgehead atoms. The van der Waals surface area contributed by atoms with Crippen molar-refractivity contribution in [1.29, 1.82) is 0 Å². The average molecular weight is 303 g/mol. The van der Waals surface area contributed by atoms with E-state index in [1.807, 2.05) is 0 Å². The molecule has 0 spiro atoms. The summed E-state index contributed by atoms with van der Waals surface area (Å²) in [5.41, 5.74) is 5.30. The molecule has 104 valence electrons. The predicted octanol–water partition coefficient (Wildman–Crippen LogP) is 1.61. The topological polar surface area (TPSA) is 80.5 Å². The molecule has 5 nitrogen and oxygen atoms in total. The summed E-state index contributed by atoms with van der Waals surface area (Å²) in [4.78, 5) is 11.1. The number of benzene rings is 1. The minimum absolute atomic E-state index is 0.0487. The third-order valence-electron chi connectivity index (χ3n) is 3.15. The number of hydrogen-bond donors (Lipinski definition) is 1. The van der Waals surface area contributed by atoms with E-state index in [4.69, 9.17) is 17.3 Å². The highest BCUT2D eigenvalue weighted by Crippen LogP contribution is 2.27.